The van der Waals surface area contributed by atoms with Crippen LogP contribution in [0.1, 0.15) is 86.6 Å². The van der Waals surface area contributed by atoms with Crippen molar-refractivity contribution in [1.82, 2.24) is 20.9 Å². The van der Waals surface area contributed by atoms with Crippen LogP contribution >= 0.6 is 11.6 Å². The van der Waals surface area contributed by atoms with Crippen LogP contribution in [-0.4, -0.2) is 98.4 Å². The second-order valence-corrected chi connectivity index (χ2v) is 16.9. The number of hydrogen-bond donors (Lipinski definition) is 4. The van der Waals surface area contributed by atoms with Gasteiger partial charge in [-0.1, -0.05) is 48.0 Å². The molecule has 2 atom stereocenters. The predicted octanol–water partition coefficient (Wildman–Crippen LogP) is 4.96. The Morgan fingerprint density at radius 3 is 2.32 bits per heavy atom. The Morgan fingerprint density at radius 1 is 0.857 bits per heavy atom. The normalized spacial score (nSPS) is 20.5. The molecule has 328 valence electrons. The fraction of sp³-hybridized carbons (Fsp3) is 0.362. The molecule has 63 heavy (non-hydrogen) atoms. The molecular formula is C47H48ClFN6O8. The predicted molar refractivity (Wildman–Crippen MR) is 232 cm³/mol. The number of nitrogens with one attached hydrogen (secondary N) is 3. The highest BCUT2D eigenvalue weighted by molar-refractivity contribution is 6.33. The minimum absolute atomic E-state index is 0.0132. The van der Waals surface area contributed by atoms with Gasteiger partial charge in [-0.3, -0.25) is 39.0 Å². The van der Waals surface area contributed by atoms with Gasteiger partial charge in [-0.05, 0) is 85.7 Å². The van der Waals surface area contributed by atoms with Crippen molar-refractivity contribution in [3.63, 3.8) is 0 Å². The molecule has 14 nitrogen and oxygen atoms in total. The Labute approximate surface area is 368 Å². The van der Waals surface area contributed by atoms with E-state index in [-0.39, 0.29) is 88.9 Å². The fourth-order valence-electron chi connectivity index (χ4n) is 9.04. The van der Waals surface area contributed by atoms with E-state index in [0.717, 1.165) is 34.6 Å². The zero-order valence-electron chi connectivity index (χ0n) is 34.7. The van der Waals surface area contributed by atoms with Gasteiger partial charge in [-0.2, -0.15) is 0 Å². The number of fused-ring (bicyclic) bond motifs is 1. The van der Waals surface area contributed by atoms with E-state index in [9.17, 15) is 28.8 Å². The number of piperidine rings is 1. The monoisotopic (exact) mass is 878 g/mol. The van der Waals surface area contributed by atoms with Crippen LogP contribution < -0.4 is 31.3 Å². The number of carbonyl (C=O) groups is 6. The van der Waals surface area contributed by atoms with Crippen molar-refractivity contribution in [3.05, 3.63) is 118 Å². The first-order valence-corrected chi connectivity index (χ1v) is 21.5. The van der Waals surface area contributed by atoms with Gasteiger partial charge >= 0.3 is 0 Å². The lowest BCUT2D eigenvalue weighted by Gasteiger charge is -2.42. The third-order valence-electron chi connectivity index (χ3n) is 12.5. The first kappa shape index (κ1) is 43.5. The maximum atomic E-state index is 16.1. The maximum absolute atomic E-state index is 16.1. The summed E-state index contributed by atoms with van der Waals surface area (Å²) in [4.78, 5) is 79.4. The number of ether oxygens (including phenoxy) is 2. The number of imide groups is 2. The third kappa shape index (κ3) is 9.04. The number of primary amides is 1. The molecule has 4 aliphatic rings. The number of carbonyl (C=O) groups excluding carboxylic acids is 6. The maximum Gasteiger partial charge on any atom is 0.262 e. The van der Waals surface area contributed by atoms with Crippen LogP contribution in [0.5, 0.6) is 5.75 Å². The van der Waals surface area contributed by atoms with Crippen molar-refractivity contribution >= 4 is 52.7 Å². The number of hydrogen-bond acceptors (Lipinski definition) is 10. The minimum Gasteiger partial charge on any atom is -0.488 e. The molecule has 0 radical (unpaired) electrons. The quantitative estimate of drug-likeness (QED) is 0.0939. The SMILES string of the molecule is COCCOc1ccc(C(N)=O)c(-c2cc(C(CNC3CCC(C(=O)NC4CN(c5ccc6c(c5)C(=O)N(C5CCC(=O)NC5=O)C6=O)C4)CC3)c3ccccc3)ccc2Cl)c1F. The zero-order valence-corrected chi connectivity index (χ0v) is 35.4. The van der Waals surface area contributed by atoms with Crippen LogP contribution in [0.15, 0.2) is 78.9 Å². The van der Waals surface area contributed by atoms with Crippen LogP contribution in [0.25, 0.3) is 11.1 Å². The van der Waals surface area contributed by atoms with Crippen LogP contribution in [0.4, 0.5) is 10.1 Å². The van der Waals surface area contributed by atoms with Gasteiger partial charge in [0.15, 0.2) is 11.6 Å². The van der Waals surface area contributed by atoms with E-state index in [1.807, 2.05) is 41.3 Å². The summed E-state index contributed by atoms with van der Waals surface area (Å²) in [6.07, 6.45) is 3.15. The number of methoxy groups -OCH3 is 1. The van der Waals surface area contributed by atoms with E-state index in [2.05, 4.69) is 16.0 Å². The summed E-state index contributed by atoms with van der Waals surface area (Å²) >= 11 is 6.72. The zero-order chi connectivity index (χ0) is 44.4. The lowest BCUT2D eigenvalue weighted by atomic mass is 9.84. The average Bonchev–Trinajstić information content (AvgIpc) is 3.51. The van der Waals surface area contributed by atoms with Crippen molar-refractivity contribution in [2.75, 3.05) is 44.9 Å². The number of benzene rings is 4. The number of amides is 6. The van der Waals surface area contributed by atoms with Crippen molar-refractivity contribution in [2.45, 2.75) is 62.6 Å². The van der Waals surface area contributed by atoms with Crippen molar-refractivity contribution in [1.29, 1.82) is 0 Å². The Morgan fingerprint density at radius 2 is 1.60 bits per heavy atom. The second-order valence-electron chi connectivity index (χ2n) is 16.5. The largest absolute Gasteiger partial charge is 0.488 e. The van der Waals surface area contributed by atoms with E-state index in [4.69, 9.17) is 26.8 Å². The number of nitrogens with two attached hydrogens (primary N) is 1. The smallest absolute Gasteiger partial charge is 0.262 e. The molecule has 3 fully saturated rings. The molecule has 0 spiro atoms. The number of nitrogens with zero attached hydrogens (tertiary/aromatic N) is 2. The van der Waals surface area contributed by atoms with E-state index < -0.39 is 41.4 Å². The molecule has 8 rings (SSSR count). The van der Waals surface area contributed by atoms with Crippen LogP contribution in [0.3, 0.4) is 0 Å². The molecule has 1 aliphatic carbocycles. The van der Waals surface area contributed by atoms with Crippen LogP contribution in [0, 0.1) is 11.7 Å². The molecule has 2 unspecified atom stereocenters. The number of halogens is 2. The Kier molecular flexibility index (Phi) is 12.9. The van der Waals surface area contributed by atoms with E-state index in [1.165, 1.54) is 19.2 Å². The molecule has 0 bridgehead atoms. The van der Waals surface area contributed by atoms with Gasteiger partial charge in [-0.15, -0.1) is 0 Å². The summed E-state index contributed by atoms with van der Waals surface area (Å²) in [7, 11) is 1.51. The topological polar surface area (TPSA) is 189 Å². The summed E-state index contributed by atoms with van der Waals surface area (Å²) in [5.41, 5.74) is 9.04. The van der Waals surface area contributed by atoms with Crippen molar-refractivity contribution in [3.8, 4) is 16.9 Å². The van der Waals surface area contributed by atoms with Gasteiger partial charge in [-0.25, -0.2) is 4.39 Å². The molecule has 3 aliphatic heterocycles. The number of rotatable bonds is 15. The lowest BCUT2D eigenvalue weighted by molar-refractivity contribution is -0.136. The van der Waals surface area contributed by atoms with E-state index in [0.29, 0.717) is 38.0 Å². The van der Waals surface area contributed by atoms with Crippen molar-refractivity contribution in [2.24, 2.45) is 11.7 Å². The molecule has 2 saturated heterocycles. The standard InChI is InChI=1S/C47H48ClFN6O8/c1-62-19-20-63-39-17-14-33(43(50)57)41(42(39)49)35-21-28(9-15-37(35)48)36(26-5-3-2-4-6-26)23-51-29-10-7-27(8-11-29)44(58)52-30-24-54(25-30)31-12-13-32-34(22-31)47(61)55(46(32)60)38-16-18-40(56)53-45(38)59/h2-6,9,12-15,17,21-22,27,29-30,36,38,51H,7-8,10-11,16,18-20,23-25H2,1H3,(H2,50,57)(H,52,58)(H,53,56,59). The van der Waals surface area contributed by atoms with Gasteiger partial charge in [0.05, 0.1) is 29.3 Å². The number of anilines is 1. The highest BCUT2D eigenvalue weighted by Crippen LogP contribution is 2.40. The van der Waals surface area contributed by atoms with Gasteiger partial charge in [0.25, 0.3) is 11.8 Å². The fourth-order valence-corrected chi connectivity index (χ4v) is 9.25. The van der Waals surface area contributed by atoms with E-state index >= 15 is 4.39 Å². The second kappa shape index (κ2) is 18.7. The molecule has 1 saturated carbocycles. The molecule has 6 amide bonds. The van der Waals surface area contributed by atoms with Gasteiger partial charge in [0.2, 0.25) is 23.6 Å². The molecule has 4 aromatic rings. The van der Waals surface area contributed by atoms with E-state index in [1.54, 1.807) is 30.3 Å². The third-order valence-corrected chi connectivity index (χ3v) is 12.8. The molecule has 0 aromatic heterocycles. The van der Waals surface area contributed by atoms with Crippen molar-refractivity contribution < 1.29 is 42.6 Å². The molecular weight excluding hydrogens is 831 g/mol. The molecule has 5 N–H and O–H groups in total. The van der Waals surface area contributed by atoms with Gasteiger partial charge in [0, 0.05) is 72.9 Å². The van der Waals surface area contributed by atoms with Gasteiger partial charge < -0.3 is 30.7 Å². The summed E-state index contributed by atoms with van der Waals surface area (Å²) in [5, 5.41) is 9.38. The lowest BCUT2D eigenvalue weighted by Crippen LogP contribution is -2.60. The summed E-state index contributed by atoms with van der Waals surface area (Å²) in [6, 6.07) is 22.2. The summed E-state index contributed by atoms with van der Waals surface area (Å²) in [5.74, 6) is -4.08. The summed E-state index contributed by atoms with van der Waals surface area (Å²) < 4.78 is 26.8. The minimum atomic E-state index is -1.03. The Bertz CT molecular complexity index is 2460. The molecule has 3 heterocycles. The highest BCUT2D eigenvalue weighted by Gasteiger charge is 2.45. The molecule has 16 heteroatoms. The average molecular weight is 879 g/mol. The Hall–Kier alpha value is -6.16. The highest BCUT2D eigenvalue weighted by atomic mass is 35.5. The summed E-state index contributed by atoms with van der Waals surface area (Å²) in [6.45, 7) is 1.98. The first-order valence-electron chi connectivity index (χ1n) is 21.1. The molecule has 4 aromatic carbocycles. The van der Waals surface area contributed by atoms with Crippen LogP contribution in [-0.2, 0) is 19.1 Å². The Balaban J connectivity index is 0.868. The van der Waals surface area contributed by atoms with Crippen LogP contribution in [0.2, 0.25) is 5.02 Å². The van der Waals surface area contributed by atoms with Gasteiger partial charge in [0.1, 0.15) is 12.6 Å². The first-order chi connectivity index (χ1) is 30.4.